The predicted molar refractivity (Wildman–Crippen MR) is 49.2 cm³/mol. The van der Waals surface area contributed by atoms with Gasteiger partial charge < -0.3 is 10.8 Å². The van der Waals surface area contributed by atoms with Crippen LogP contribution in [-0.2, 0) is 0 Å². The molecule has 0 saturated carbocycles. The number of aryl methyl sites for hydroxylation is 1. The van der Waals surface area contributed by atoms with E-state index in [4.69, 9.17) is 10.8 Å². The van der Waals surface area contributed by atoms with Crippen LogP contribution in [0.5, 0.6) is 0 Å². The van der Waals surface area contributed by atoms with E-state index in [-0.39, 0.29) is 5.69 Å². The van der Waals surface area contributed by atoms with E-state index in [0.29, 0.717) is 5.56 Å². The summed E-state index contributed by atoms with van der Waals surface area (Å²) in [5.41, 5.74) is 4.95. The second-order valence-corrected chi connectivity index (χ2v) is 2.75. The molecular weight excluding hydrogens is 188 g/mol. The number of hydrogen-bond acceptors (Lipinski definition) is 4. The number of nitro groups is 1. The molecular formula is C8H8N2O4. The number of nitrogens with two attached hydrogens (primary N) is 1. The average molecular weight is 196 g/mol. The van der Waals surface area contributed by atoms with Crippen LogP contribution >= 0.6 is 0 Å². The number of carbonyl (C=O) groups is 1. The van der Waals surface area contributed by atoms with Crippen LogP contribution in [0.2, 0.25) is 0 Å². The van der Waals surface area contributed by atoms with E-state index in [1.54, 1.807) is 6.92 Å². The van der Waals surface area contributed by atoms with E-state index in [0.717, 1.165) is 6.07 Å². The lowest BCUT2D eigenvalue weighted by atomic mass is 10.1. The van der Waals surface area contributed by atoms with Crippen LogP contribution in [0.15, 0.2) is 12.1 Å². The Balaban J connectivity index is 3.53. The third kappa shape index (κ3) is 1.49. The maximum atomic E-state index is 10.7. The second kappa shape index (κ2) is 3.33. The van der Waals surface area contributed by atoms with Crippen molar-refractivity contribution < 1.29 is 14.8 Å². The Kier molecular flexibility index (Phi) is 2.37. The van der Waals surface area contributed by atoms with Crippen molar-refractivity contribution in [3.05, 3.63) is 33.4 Å². The van der Waals surface area contributed by atoms with Crippen LogP contribution in [0.1, 0.15) is 15.9 Å². The highest BCUT2D eigenvalue weighted by Gasteiger charge is 2.23. The molecule has 0 aliphatic carbocycles. The number of carboxylic acid groups (broad SMARTS) is 1. The molecule has 0 bridgehead atoms. The fraction of sp³-hybridized carbons (Fsp3) is 0.125. The summed E-state index contributed by atoms with van der Waals surface area (Å²) < 4.78 is 0. The lowest BCUT2D eigenvalue weighted by molar-refractivity contribution is -0.385. The molecule has 0 aliphatic heterocycles. The van der Waals surface area contributed by atoms with Gasteiger partial charge in [0.2, 0.25) is 0 Å². The van der Waals surface area contributed by atoms with Crippen LogP contribution in [0.25, 0.3) is 0 Å². The van der Waals surface area contributed by atoms with Crippen molar-refractivity contribution in [2.45, 2.75) is 6.92 Å². The first-order valence-corrected chi connectivity index (χ1v) is 3.72. The summed E-state index contributed by atoms with van der Waals surface area (Å²) >= 11 is 0. The summed E-state index contributed by atoms with van der Waals surface area (Å²) in [5.74, 6) is -1.39. The molecule has 0 fully saturated rings. The van der Waals surface area contributed by atoms with Gasteiger partial charge in [-0.25, -0.2) is 4.79 Å². The van der Waals surface area contributed by atoms with Gasteiger partial charge in [0.1, 0.15) is 0 Å². The molecule has 1 aromatic rings. The molecule has 0 atom stereocenters. The molecule has 1 aromatic carbocycles. The zero-order valence-corrected chi connectivity index (χ0v) is 7.35. The molecule has 0 amide bonds. The summed E-state index contributed by atoms with van der Waals surface area (Å²) in [7, 11) is 0. The predicted octanol–water partition coefficient (Wildman–Crippen LogP) is 1.18. The van der Waals surface area contributed by atoms with Gasteiger partial charge in [-0.15, -0.1) is 0 Å². The smallest absolute Gasteiger partial charge is 0.344 e. The molecule has 0 saturated heterocycles. The molecule has 0 heterocycles. The standard InChI is InChI=1S/C8H8N2O4/c1-4-2-3-5(10(13)14)6(7(4)9)8(11)12/h2-3H,9H2,1H3,(H,11,12). The third-order valence-corrected chi connectivity index (χ3v) is 1.85. The Morgan fingerprint density at radius 1 is 1.57 bits per heavy atom. The Morgan fingerprint density at radius 3 is 2.57 bits per heavy atom. The highest BCUT2D eigenvalue weighted by Crippen LogP contribution is 2.26. The summed E-state index contributed by atoms with van der Waals surface area (Å²) in [6.45, 7) is 1.59. The molecule has 3 N–H and O–H groups in total. The lowest BCUT2D eigenvalue weighted by Gasteiger charge is -2.04. The first-order chi connectivity index (χ1) is 6.45. The number of hydrogen-bond donors (Lipinski definition) is 2. The zero-order valence-electron chi connectivity index (χ0n) is 7.35. The number of aromatic carboxylic acids is 1. The van der Waals surface area contributed by atoms with Gasteiger partial charge in [-0.1, -0.05) is 6.07 Å². The molecule has 6 nitrogen and oxygen atoms in total. The minimum absolute atomic E-state index is 0.0632. The molecule has 6 heteroatoms. The normalized spacial score (nSPS) is 9.79. The fourth-order valence-electron chi connectivity index (χ4n) is 1.09. The van der Waals surface area contributed by atoms with Gasteiger partial charge in [0, 0.05) is 6.07 Å². The average Bonchev–Trinajstić information content (AvgIpc) is 2.08. The number of anilines is 1. The van der Waals surface area contributed by atoms with E-state index in [9.17, 15) is 14.9 Å². The Hall–Kier alpha value is -2.11. The number of benzene rings is 1. The molecule has 0 aliphatic rings. The monoisotopic (exact) mass is 196 g/mol. The highest BCUT2D eigenvalue weighted by molar-refractivity contribution is 5.98. The lowest BCUT2D eigenvalue weighted by Crippen LogP contribution is -2.08. The number of nitro benzene ring substituents is 1. The van der Waals surface area contributed by atoms with Crippen molar-refractivity contribution >= 4 is 17.3 Å². The van der Waals surface area contributed by atoms with Crippen LogP contribution in [-0.4, -0.2) is 16.0 Å². The highest BCUT2D eigenvalue weighted by atomic mass is 16.6. The van der Waals surface area contributed by atoms with Gasteiger partial charge in [-0.3, -0.25) is 10.1 Å². The van der Waals surface area contributed by atoms with Crippen molar-refractivity contribution in [3.8, 4) is 0 Å². The zero-order chi connectivity index (χ0) is 10.9. The van der Waals surface area contributed by atoms with Gasteiger partial charge in [-0.2, -0.15) is 0 Å². The minimum atomic E-state index is -1.39. The van der Waals surface area contributed by atoms with Gasteiger partial charge in [-0.05, 0) is 12.5 Å². The molecule has 74 valence electrons. The van der Waals surface area contributed by atoms with Gasteiger partial charge in [0.15, 0.2) is 5.56 Å². The summed E-state index contributed by atoms with van der Waals surface area (Å²) in [5, 5.41) is 19.2. The minimum Gasteiger partial charge on any atom is -0.477 e. The Labute approximate surface area is 79.1 Å². The summed E-state index contributed by atoms with van der Waals surface area (Å²) in [6.07, 6.45) is 0. The van der Waals surface area contributed by atoms with Crippen molar-refractivity contribution in [3.63, 3.8) is 0 Å². The van der Waals surface area contributed by atoms with Crippen LogP contribution in [0.4, 0.5) is 11.4 Å². The first kappa shape index (κ1) is 9.97. The molecule has 0 spiro atoms. The van der Waals surface area contributed by atoms with E-state index in [1.165, 1.54) is 6.07 Å². The number of nitrogens with zero attached hydrogens (tertiary/aromatic N) is 1. The summed E-state index contributed by atoms with van der Waals surface area (Å²) in [6, 6.07) is 2.55. The van der Waals surface area contributed by atoms with Crippen LogP contribution in [0.3, 0.4) is 0 Å². The SMILES string of the molecule is Cc1ccc([N+](=O)[O-])c(C(=O)O)c1N. The van der Waals surface area contributed by atoms with Gasteiger partial charge >= 0.3 is 5.97 Å². The van der Waals surface area contributed by atoms with Crippen LogP contribution in [0, 0.1) is 17.0 Å². The Bertz CT molecular complexity index is 414. The van der Waals surface area contributed by atoms with Crippen molar-refractivity contribution in [1.82, 2.24) is 0 Å². The largest absolute Gasteiger partial charge is 0.477 e. The van der Waals surface area contributed by atoms with Gasteiger partial charge in [0.05, 0.1) is 10.6 Å². The number of carboxylic acids is 1. The molecule has 14 heavy (non-hydrogen) atoms. The maximum absolute atomic E-state index is 10.7. The Morgan fingerprint density at radius 2 is 2.14 bits per heavy atom. The fourth-order valence-corrected chi connectivity index (χ4v) is 1.09. The quantitative estimate of drug-likeness (QED) is 0.419. The third-order valence-electron chi connectivity index (χ3n) is 1.85. The number of nitrogen functional groups attached to an aromatic ring is 1. The van der Waals surface area contributed by atoms with E-state index < -0.39 is 22.1 Å². The molecule has 0 unspecified atom stereocenters. The van der Waals surface area contributed by atoms with Crippen molar-refractivity contribution in [1.29, 1.82) is 0 Å². The van der Waals surface area contributed by atoms with E-state index in [2.05, 4.69) is 0 Å². The molecule has 1 rings (SSSR count). The molecule has 0 aromatic heterocycles. The van der Waals surface area contributed by atoms with Crippen molar-refractivity contribution in [2.24, 2.45) is 0 Å². The number of rotatable bonds is 2. The van der Waals surface area contributed by atoms with Crippen molar-refractivity contribution in [2.75, 3.05) is 5.73 Å². The van der Waals surface area contributed by atoms with Crippen LogP contribution < -0.4 is 5.73 Å². The topological polar surface area (TPSA) is 106 Å². The summed E-state index contributed by atoms with van der Waals surface area (Å²) in [4.78, 5) is 20.4. The van der Waals surface area contributed by atoms with E-state index in [1.807, 2.05) is 0 Å². The van der Waals surface area contributed by atoms with E-state index >= 15 is 0 Å². The first-order valence-electron chi connectivity index (χ1n) is 3.72. The molecule has 0 radical (unpaired) electrons. The second-order valence-electron chi connectivity index (χ2n) is 2.75. The van der Waals surface area contributed by atoms with Gasteiger partial charge in [0.25, 0.3) is 5.69 Å². The maximum Gasteiger partial charge on any atom is 0.344 e.